The molecule has 6 nitrogen and oxygen atoms in total. The van der Waals surface area contributed by atoms with Crippen LogP contribution in [0, 0.1) is 5.92 Å². The Morgan fingerprint density at radius 2 is 1.59 bits per heavy atom. The van der Waals surface area contributed by atoms with Gasteiger partial charge in [0.25, 0.3) is 0 Å². The van der Waals surface area contributed by atoms with E-state index < -0.39 is 24.7 Å². The van der Waals surface area contributed by atoms with E-state index in [0.29, 0.717) is 24.2 Å². The second-order valence-electron chi connectivity index (χ2n) is 11.3. The van der Waals surface area contributed by atoms with Gasteiger partial charge in [0.1, 0.15) is 11.5 Å². The lowest BCUT2D eigenvalue weighted by molar-refractivity contribution is -0.221. The van der Waals surface area contributed by atoms with Gasteiger partial charge in [-0.2, -0.15) is 13.2 Å². The van der Waals surface area contributed by atoms with Crippen LogP contribution < -0.4 is 9.47 Å². The molecule has 9 heteroatoms. The topological polar surface area (TPSA) is 71.1 Å². The summed E-state index contributed by atoms with van der Waals surface area (Å²) in [7, 11) is 1.27. The number of ether oxygens (including phenoxy) is 4. The Morgan fingerprint density at radius 1 is 0.909 bits per heavy atom. The monoisotopic (exact) mass is 618 g/mol. The summed E-state index contributed by atoms with van der Waals surface area (Å²) in [6.07, 6.45) is 6.98. The molecule has 2 atom stereocenters. The molecule has 0 amide bonds. The average Bonchev–Trinajstić information content (AvgIpc) is 3.01. The number of benzene rings is 2. The molecular formula is C35H45F3O6. The first-order valence-electron chi connectivity index (χ1n) is 15.7. The standard InChI is InChI=1S/C35H45F3O6/c1-3-4-5-6-7-8-9-10-22-42-31-19-16-27-24-29(15-14-28(27)25-31)34(40)43-30-17-11-26(12-18-30)13-20-33(39)44-32(21-23-41-2)35(36,37)38/h11-13,16-20,25,29,32H,3-10,14-15,21-24H2,1-2H3/t29?,32-/m1/s1. The van der Waals surface area contributed by atoms with Crippen LogP contribution in [0.15, 0.2) is 48.5 Å². The molecular weight excluding hydrogens is 573 g/mol. The van der Waals surface area contributed by atoms with Crippen LogP contribution in [0.2, 0.25) is 0 Å². The van der Waals surface area contributed by atoms with Gasteiger partial charge in [0.2, 0.25) is 0 Å². The first-order chi connectivity index (χ1) is 21.2. The average molecular weight is 619 g/mol. The number of alkyl halides is 3. The molecule has 1 unspecified atom stereocenters. The number of methoxy groups -OCH3 is 1. The lowest BCUT2D eigenvalue weighted by atomic mass is 9.84. The van der Waals surface area contributed by atoms with Crippen LogP contribution in [0.1, 0.15) is 87.8 Å². The van der Waals surface area contributed by atoms with Crippen molar-refractivity contribution in [3.63, 3.8) is 0 Å². The van der Waals surface area contributed by atoms with E-state index in [0.717, 1.165) is 36.8 Å². The van der Waals surface area contributed by atoms with Crippen LogP contribution in [-0.2, 0) is 31.9 Å². The maximum absolute atomic E-state index is 13.0. The molecule has 0 heterocycles. The molecule has 1 aliphatic carbocycles. The summed E-state index contributed by atoms with van der Waals surface area (Å²) >= 11 is 0. The van der Waals surface area contributed by atoms with Crippen LogP contribution in [0.5, 0.6) is 11.5 Å². The third-order valence-corrected chi connectivity index (χ3v) is 7.72. The number of carbonyl (C=O) groups is 2. The van der Waals surface area contributed by atoms with E-state index in [1.165, 1.54) is 63.7 Å². The number of carbonyl (C=O) groups excluding carboxylic acids is 2. The molecule has 1 aliphatic rings. The minimum Gasteiger partial charge on any atom is -0.494 e. The van der Waals surface area contributed by atoms with E-state index in [-0.39, 0.29) is 18.5 Å². The Hall–Kier alpha value is -3.33. The highest BCUT2D eigenvalue weighted by atomic mass is 19.4. The maximum atomic E-state index is 13.0. The van der Waals surface area contributed by atoms with Crippen molar-refractivity contribution in [3.05, 3.63) is 65.2 Å². The van der Waals surface area contributed by atoms with Crippen molar-refractivity contribution in [2.24, 2.45) is 5.92 Å². The van der Waals surface area contributed by atoms with Crippen molar-refractivity contribution in [2.45, 2.75) is 96.3 Å². The number of fused-ring (bicyclic) bond motifs is 1. The van der Waals surface area contributed by atoms with Crippen LogP contribution in [0.3, 0.4) is 0 Å². The number of hydrogen-bond acceptors (Lipinski definition) is 6. The van der Waals surface area contributed by atoms with Gasteiger partial charge in [0.15, 0.2) is 6.10 Å². The smallest absolute Gasteiger partial charge is 0.425 e. The summed E-state index contributed by atoms with van der Waals surface area (Å²) in [5, 5.41) is 0. The molecule has 0 aliphatic heterocycles. The van der Waals surface area contributed by atoms with E-state index in [9.17, 15) is 22.8 Å². The summed E-state index contributed by atoms with van der Waals surface area (Å²) < 4.78 is 59.9. The predicted molar refractivity (Wildman–Crippen MR) is 164 cm³/mol. The van der Waals surface area contributed by atoms with Gasteiger partial charge in [-0.15, -0.1) is 0 Å². The van der Waals surface area contributed by atoms with Gasteiger partial charge in [0, 0.05) is 19.6 Å². The van der Waals surface area contributed by atoms with E-state index in [4.69, 9.17) is 9.47 Å². The zero-order chi connectivity index (χ0) is 31.8. The van der Waals surface area contributed by atoms with E-state index >= 15 is 0 Å². The lowest BCUT2D eigenvalue weighted by Gasteiger charge is -2.23. The molecule has 0 N–H and O–H groups in total. The summed E-state index contributed by atoms with van der Waals surface area (Å²) in [4.78, 5) is 24.8. The minimum absolute atomic E-state index is 0.190. The van der Waals surface area contributed by atoms with E-state index in [1.807, 2.05) is 12.1 Å². The highest BCUT2D eigenvalue weighted by Gasteiger charge is 2.42. The molecule has 44 heavy (non-hydrogen) atoms. The maximum Gasteiger partial charge on any atom is 0.425 e. The van der Waals surface area contributed by atoms with E-state index in [1.54, 1.807) is 24.3 Å². The van der Waals surface area contributed by atoms with Gasteiger partial charge in [-0.1, -0.05) is 70.1 Å². The number of esters is 2. The Labute approximate surface area is 258 Å². The Kier molecular flexibility index (Phi) is 14.8. The fraction of sp³-hybridized carbons (Fsp3) is 0.543. The molecule has 3 rings (SSSR count). The molecule has 0 radical (unpaired) electrons. The van der Waals surface area contributed by atoms with Gasteiger partial charge in [-0.05, 0) is 72.7 Å². The largest absolute Gasteiger partial charge is 0.494 e. The summed E-state index contributed by atoms with van der Waals surface area (Å²) in [5.41, 5.74) is 2.87. The molecule has 0 fully saturated rings. The summed E-state index contributed by atoms with van der Waals surface area (Å²) in [6, 6.07) is 12.5. The number of unbranched alkanes of at least 4 members (excludes halogenated alkanes) is 7. The molecule has 2 aromatic rings. The molecule has 0 saturated carbocycles. The molecule has 0 bridgehead atoms. The van der Waals surface area contributed by atoms with Gasteiger partial charge < -0.3 is 18.9 Å². The van der Waals surface area contributed by atoms with Crippen molar-refractivity contribution in [1.29, 1.82) is 0 Å². The second-order valence-corrected chi connectivity index (χ2v) is 11.3. The number of aryl methyl sites for hydroxylation is 1. The van der Waals surface area contributed by atoms with Crippen LogP contribution in [0.25, 0.3) is 6.08 Å². The molecule has 2 aromatic carbocycles. The zero-order valence-electron chi connectivity index (χ0n) is 25.8. The highest BCUT2D eigenvalue weighted by Crippen LogP contribution is 2.30. The first kappa shape index (κ1) is 35.2. The quantitative estimate of drug-likeness (QED) is 0.0723. The third-order valence-electron chi connectivity index (χ3n) is 7.72. The van der Waals surface area contributed by atoms with Gasteiger partial charge in [-0.25, -0.2) is 4.79 Å². The minimum atomic E-state index is -4.68. The van der Waals surface area contributed by atoms with Crippen molar-refractivity contribution >= 4 is 18.0 Å². The first-order valence-corrected chi connectivity index (χ1v) is 15.7. The highest BCUT2D eigenvalue weighted by molar-refractivity contribution is 5.87. The van der Waals surface area contributed by atoms with Gasteiger partial charge in [-0.3, -0.25) is 4.79 Å². The Balaban J connectivity index is 1.41. The molecule has 0 aromatic heterocycles. The molecule has 242 valence electrons. The Morgan fingerprint density at radius 3 is 2.27 bits per heavy atom. The summed E-state index contributed by atoms with van der Waals surface area (Å²) in [5.74, 6) is -0.463. The molecule has 0 saturated heterocycles. The van der Waals surface area contributed by atoms with Crippen molar-refractivity contribution in [2.75, 3.05) is 20.3 Å². The second kappa shape index (κ2) is 18.5. The lowest BCUT2D eigenvalue weighted by Crippen LogP contribution is -2.34. The normalized spacial score (nSPS) is 15.5. The molecule has 0 spiro atoms. The van der Waals surface area contributed by atoms with Gasteiger partial charge in [0.05, 0.1) is 19.1 Å². The number of rotatable bonds is 18. The van der Waals surface area contributed by atoms with Crippen molar-refractivity contribution in [1.82, 2.24) is 0 Å². The number of halogens is 3. The van der Waals surface area contributed by atoms with Crippen LogP contribution in [0.4, 0.5) is 13.2 Å². The van der Waals surface area contributed by atoms with Crippen LogP contribution in [-0.4, -0.2) is 44.5 Å². The zero-order valence-corrected chi connectivity index (χ0v) is 25.8. The Bertz CT molecular complexity index is 1190. The third kappa shape index (κ3) is 12.3. The van der Waals surface area contributed by atoms with Crippen LogP contribution >= 0.6 is 0 Å². The fourth-order valence-electron chi connectivity index (χ4n) is 5.15. The predicted octanol–water partition coefficient (Wildman–Crippen LogP) is 8.44. The van der Waals surface area contributed by atoms with Crippen molar-refractivity contribution < 1.29 is 41.7 Å². The van der Waals surface area contributed by atoms with E-state index in [2.05, 4.69) is 22.5 Å². The SMILES string of the molecule is CCCCCCCCCCOc1ccc2c(c1)CCC(C(=O)Oc1ccc(C=CC(=O)O[C@H](CCOC)C(F)(F)F)cc1)C2. The number of hydrogen-bond donors (Lipinski definition) is 0. The fourth-order valence-corrected chi connectivity index (χ4v) is 5.15. The van der Waals surface area contributed by atoms with Crippen molar-refractivity contribution in [3.8, 4) is 11.5 Å². The summed E-state index contributed by atoms with van der Waals surface area (Å²) in [6.45, 7) is 2.76. The van der Waals surface area contributed by atoms with Gasteiger partial charge >= 0.3 is 18.1 Å².